The molecule has 7 heteroatoms. The summed E-state index contributed by atoms with van der Waals surface area (Å²) < 4.78 is 10.7. The minimum Gasteiger partial charge on any atom is -0.497 e. The van der Waals surface area contributed by atoms with Crippen molar-refractivity contribution in [1.29, 1.82) is 0 Å². The molecule has 1 heterocycles. The van der Waals surface area contributed by atoms with Crippen LogP contribution >= 0.6 is 0 Å². The molecule has 0 unspecified atom stereocenters. The fourth-order valence-electron chi connectivity index (χ4n) is 5.02. The van der Waals surface area contributed by atoms with Crippen LogP contribution in [0.4, 0.5) is 5.69 Å². The number of carbonyl (C=O) groups is 2. The van der Waals surface area contributed by atoms with Crippen LogP contribution in [0.2, 0.25) is 0 Å². The summed E-state index contributed by atoms with van der Waals surface area (Å²) in [5, 5.41) is 2.85. The second-order valence-corrected chi connectivity index (χ2v) is 9.61. The molecule has 1 aliphatic heterocycles. The number of methoxy groups -OCH3 is 1. The lowest BCUT2D eigenvalue weighted by molar-refractivity contribution is -0.118. The van der Waals surface area contributed by atoms with Gasteiger partial charge in [-0.15, -0.1) is 0 Å². The highest BCUT2D eigenvalue weighted by Crippen LogP contribution is 2.30. The topological polar surface area (TPSA) is 71.1 Å². The lowest BCUT2D eigenvalue weighted by atomic mass is 9.96. The van der Waals surface area contributed by atoms with E-state index in [0.717, 1.165) is 13.1 Å². The van der Waals surface area contributed by atoms with Crippen LogP contribution in [0.25, 0.3) is 0 Å². The van der Waals surface area contributed by atoms with Crippen LogP contribution in [0.3, 0.4) is 0 Å². The largest absolute Gasteiger partial charge is 0.497 e. The minimum atomic E-state index is -0.338. The van der Waals surface area contributed by atoms with Crippen molar-refractivity contribution in [1.82, 2.24) is 9.80 Å². The molecule has 0 aliphatic carbocycles. The molecule has 204 valence electrons. The smallest absolute Gasteiger partial charge is 0.262 e. The lowest BCUT2D eigenvalue weighted by Crippen LogP contribution is -2.50. The highest BCUT2D eigenvalue weighted by molar-refractivity contribution is 6.04. The summed E-state index contributed by atoms with van der Waals surface area (Å²) >= 11 is 0. The molecular weight excluding hydrogens is 502 g/mol. The van der Waals surface area contributed by atoms with Crippen LogP contribution in [-0.2, 0) is 4.79 Å². The van der Waals surface area contributed by atoms with E-state index < -0.39 is 0 Å². The maximum Gasteiger partial charge on any atom is 0.262 e. The Hall–Kier alpha value is -4.62. The Morgan fingerprint density at radius 3 is 1.88 bits per heavy atom. The molecule has 1 fully saturated rings. The Bertz CT molecular complexity index is 1360. The summed E-state index contributed by atoms with van der Waals surface area (Å²) in [7, 11) is 1.59. The fourth-order valence-corrected chi connectivity index (χ4v) is 5.02. The number of hydrogen-bond donors (Lipinski definition) is 1. The molecule has 0 bridgehead atoms. The number of nitrogens with zero attached hydrogens (tertiary/aromatic N) is 2. The summed E-state index contributed by atoms with van der Waals surface area (Å²) in [6.07, 6.45) is 0. The van der Waals surface area contributed by atoms with E-state index in [0.29, 0.717) is 35.8 Å². The molecule has 7 nitrogen and oxygen atoms in total. The van der Waals surface area contributed by atoms with E-state index in [2.05, 4.69) is 58.7 Å². The van der Waals surface area contributed by atoms with E-state index in [1.165, 1.54) is 11.1 Å². The second-order valence-electron chi connectivity index (χ2n) is 9.61. The van der Waals surface area contributed by atoms with Crippen LogP contribution in [0.5, 0.6) is 11.5 Å². The molecule has 4 aromatic carbocycles. The summed E-state index contributed by atoms with van der Waals surface area (Å²) in [5.41, 5.74) is 3.41. The normalized spacial score (nSPS) is 13.6. The number of benzene rings is 4. The van der Waals surface area contributed by atoms with E-state index in [4.69, 9.17) is 9.47 Å². The third kappa shape index (κ3) is 6.50. The van der Waals surface area contributed by atoms with Gasteiger partial charge in [-0.05, 0) is 47.5 Å². The van der Waals surface area contributed by atoms with Crippen molar-refractivity contribution in [2.24, 2.45) is 0 Å². The zero-order chi connectivity index (χ0) is 27.7. The molecule has 0 spiro atoms. The molecule has 2 amide bonds. The number of para-hydroxylation sites is 1. The first-order valence-corrected chi connectivity index (χ1v) is 13.4. The lowest BCUT2D eigenvalue weighted by Gasteiger charge is -2.40. The standard InChI is InChI=1S/C33H33N3O4/c1-39-27-16-18-28(19-17-27)40-24-31(37)34-30-15-9-8-14-29(30)33(38)36-22-20-35(21-23-36)32(25-10-4-2-5-11-25)26-12-6-3-7-13-26/h2-19,32H,20-24H2,1H3,(H,34,37). The molecule has 4 aromatic rings. The van der Waals surface area contributed by atoms with Crippen LogP contribution in [-0.4, -0.2) is 61.5 Å². The van der Waals surface area contributed by atoms with Crippen molar-refractivity contribution in [3.8, 4) is 11.5 Å². The first-order valence-electron chi connectivity index (χ1n) is 13.4. The van der Waals surface area contributed by atoms with Gasteiger partial charge in [-0.1, -0.05) is 72.8 Å². The summed E-state index contributed by atoms with van der Waals surface area (Å²) in [4.78, 5) is 30.5. The van der Waals surface area contributed by atoms with Crippen molar-refractivity contribution in [3.05, 3.63) is 126 Å². The minimum absolute atomic E-state index is 0.0948. The van der Waals surface area contributed by atoms with E-state index >= 15 is 0 Å². The van der Waals surface area contributed by atoms with Crippen molar-refractivity contribution >= 4 is 17.5 Å². The van der Waals surface area contributed by atoms with Gasteiger partial charge < -0.3 is 19.7 Å². The predicted molar refractivity (Wildman–Crippen MR) is 156 cm³/mol. The van der Waals surface area contributed by atoms with Gasteiger partial charge in [0, 0.05) is 26.2 Å². The molecule has 0 aromatic heterocycles. The predicted octanol–water partition coefficient (Wildman–Crippen LogP) is 5.26. The van der Waals surface area contributed by atoms with Gasteiger partial charge in [0.05, 0.1) is 24.4 Å². The van der Waals surface area contributed by atoms with Gasteiger partial charge in [0.2, 0.25) is 0 Å². The van der Waals surface area contributed by atoms with Gasteiger partial charge in [0.25, 0.3) is 11.8 Å². The van der Waals surface area contributed by atoms with Crippen molar-refractivity contribution in [2.75, 3.05) is 45.2 Å². The maximum atomic E-state index is 13.6. The Morgan fingerprint density at radius 2 is 1.27 bits per heavy atom. The average molecular weight is 536 g/mol. The van der Waals surface area contributed by atoms with Crippen LogP contribution < -0.4 is 14.8 Å². The Labute approximate surface area is 235 Å². The highest BCUT2D eigenvalue weighted by Gasteiger charge is 2.29. The van der Waals surface area contributed by atoms with Crippen molar-refractivity contribution < 1.29 is 19.1 Å². The van der Waals surface area contributed by atoms with Crippen LogP contribution in [0.1, 0.15) is 27.5 Å². The first-order chi connectivity index (χ1) is 19.6. The zero-order valence-electron chi connectivity index (χ0n) is 22.5. The molecular formula is C33H33N3O4. The number of amides is 2. The van der Waals surface area contributed by atoms with Crippen LogP contribution in [0, 0.1) is 0 Å². The average Bonchev–Trinajstić information content (AvgIpc) is 3.02. The first kappa shape index (κ1) is 27.0. The molecule has 0 atom stereocenters. The Kier molecular flexibility index (Phi) is 8.73. The Balaban J connectivity index is 1.22. The van der Waals surface area contributed by atoms with Gasteiger partial charge >= 0.3 is 0 Å². The van der Waals surface area contributed by atoms with E-state index in [1.807, 2.05) is 23.1 Å². The van der Waals surface area contributed by atoms with Crippen molar-refractivity contribution in [3.63, 3.8) is 0 Å². The fraction of sp³-hybridized carbons (Fsp3) is 0.212. The number of nitrogens with one attached hydrogen (secondary N) is 1. The highest BCUT2D eigenvalue weighted by atomic mass is 16.5. The van der Waals surface area contributed by atoms with Crippen LogP contribution in [0.15, 0.2) is 109 Å². The molecule has 0 saturated carbocycles. The quantitative estimate of drug-likeness (QED) is 0.317. The van der Waals surface area contributed by atoms with Gasteiger partial charge in [-0.2, -0.15) is 0 Å². The Morgan fingerprint density at radius 1 is 0.725 bits per heavy atom. The third-order valence-corrected chi connectivity index (χ3v) is 7.06. The van der Waals surface area contributed by atoms with Gasteiger partial charge in [-0.25, -0.2) is 0 Å². The number of anilines is 1. The molecule has 1 saturated heterocycles. The number of rotatable bonds is 9. The van der Waals surface area contributed by atoms with E-state index in [1.54, 1.807) is 49.6 Å². The molecule has 1 aliphatic rings. The number of carbonyl (C=O) groups excluding carboxylic acids is 2. The second kappa shape index (κ2) is 13.0. The molecule has 0 radical (unpaired) electrons. The number of hydrogen-bond acceptors (Lipinski definition) is 5. The monoisotopic (exact) mass is 535 g/mol. The van der Waals surface area contributed by atoms with E-state index in [9.17, 15) is 9.59 Å². The molecule has 1 N–H and O–H groups in total. The van der Waals surface area contributed by atoms with Gasteiger partial charge in [0.15, 0.2) is 6.61 Å². The third-order valence-electron chi connectivity index (χ3n) is 7.06. The SMILES string of the molecule is COc1ccc(OCC(=O)Nc2ccccc2C(=O)N2CCN(C(c3ccccc3)c3ccccc3)CC2)cc1. The number of piperazine rings is 1. The summed E-state index contributed by atoms with van der Waals surface area (Å²) in [5.74, 6) is 0.834. The number of ether oxygens (including phenoxy) is 2. The van der Waals surface area contributed by atoms with Crippen molar-refractivity contribution in [2.45, 2.75) is 6.04 Å². The summed E-state index contributed by atoms with van der Waals surface area (Å²) in [6.45, 7) is 2.50. The summed E-state index contributed by atoms with van der Waals surface area (Å²) in [6, 6.07) is 35.2. The van der Waals surface area contributed by atoms with Gasteiger partial charge in [0.1, 0.15) is 11.5 Å². The van der Waals surface area contributed by atoms with E-state index in [-0.39, 0.29) is 24.5 Å². The zero-order valence-corrected chi connectivity index (χ0v) is 22.5. The molecule has 5 rings (SSSR count). The molecule has 40 heavy (non-hydrogen) atoms. The van der Waals surface area contributed by atoms with Gasteiger partial charge in [-0.3, -0.25) is 14.5 Å². The maximum absolute atomic E-state index is 13.6.